The minimum atomic E-state index is -0.851. The minimum absolute atomic E-state index is 0.138. The van der Waals surface area contributed by atoms with Crippen molar-refractivity contribution in [3.8, 4) is 0 Å². The van der Waals surface area contributed by atoms with Crippen molar-refractivity contribution in [1.82, 2.24) is 10.6 Å². The lowest BCUT2D eigenvalue weighted by molar-refractivity contribution is -0.132. The highest BCUT2D eigenvalue weighted by molar-refractivity contribution is 5.94. The number of hydrogen-bond acceptors (Lipinski definition) is 4. The van der Waals surface area contributed by atoms with Crippen molar-refractivity contribution in [3.05, 3.63) is 0 Å². The van der Waals surface area contributed by atoms with E-state index in [1.165, 1.54) is 0 Å². The Kier molecular flexibility index (Phi) is 4.05. The molecule has 6 nitrogen and oxygen atoms in total. The highest BCUT2D eigenvalue weighted by atomic mass is 16.5. The molecule has 0 aromatic heterocycles. The van der Waals surface area contributed by atoms with Crippen LogP contribution in [0.4, 0.5) is 4.79 Å². The van der Waals surface area contributed by atoms with Gasteiger partial charge in [-0.3, -0.25) is 10.1 Å². The molecule has 1 aliphatic heterocycles. The highest BCUT2D eigenvalue weighted by Gasteiger charge is 2.28. The van der Waals surface area contributed by atoms with Crippen LogP contribution in [0, 0.1) is 0 Å². The molecular weight excluding hydrogens is 198 g/mol. The van der Waals surface area contributed by atoms with Gasteiger partial charge in [0.25, 0.3) is 5.91 Å². The molecule has 1 fully saturated rings. The Bertz CT molecular complexity index is 249. The SMILES string of the molecule is CC1(OCC(=O)NC(N)=O)CCCNC1. The highest BCUT2D eigenvalue weighted by Crippen LogP contribution is 2.19. The molecular formula is C9H17N3O3. The third-order valence-corrected chi connectivity index (χ3v) is 2.37. The van der Waals surface area contributed by atoms with E-state index in [9.17, 15) is 9.59 Å². The summed E-state index contributed by atoms with van der Waals surface area (Å²) in [5.41, 5.74) is 4.47. The Morgan fingerprint density at radius 3 is 2.87 bits per heavy atom. The normalized spacial score (nSPS) is 25.9. The van der Waals surface area contributed by atoms with E-state index in [4.69, 9.17) is 10.5 Å². The fraction of sp³-hybridized carbons (Fsp3) is 0.778. The summed E-state index contributed by atoms with van der Waals surface area (Å²) in [4.78, 5) is 21.4. The fourth-order valence-corrected chi connectivity index (χ4v) is 1.57. The fourth-order valence-electron chi connectivity index (χ4n) is 1.57. The molecule has 3 amide bonds. The molecule has 1 atom stereocenters. The van der Waals surface area contributed by atoms with Crippen LogP contribution in [0.15, 0.2) is 0 Å². The molecule has 0 saturated carbocycles. The topological polar surface area (TPSA) is 93.4 Å². The van der Waals surface area contributed by atoms with Gasteiger partial charge in [-0.25, -0.2) is 4.79 Å². The van der Waals surface area contributed by atoms with E-state index in [-0.39, 0.29) is 12.2 Å². The summed E-state index contributed by atoms with van der Waals surface area (Å²) in [6.45, 7) is 3.50. The van der Waals surface area contributed by atoms with E-state index in [0.717, 1.165) is 25.9 Å². The number of ether oxygens (including phenoxy) is 1. The van der Waals surface area contributed by atoms with Gasteiger partial charge in [-0.15, -0.1) is 0 Å². The molecule has 1 unspecified atom stereocenters. The largest absolute Gasteiger partial charge is 0.364 e. The van der Waals surface area contributed by atoms with Crippen LogP contribution in [0.25, 0.3) is 0 Å². The number of imide groups is 1. The third-order valence-electron chi connectivity index (χ3n) is 2.37. The Balaban J connectivity index is 2.28. The van der Waals surface area contributed by atoms with E-state index in [1.807, 2.05) is 12.2 Å². The van der Waals surface area contributed by atoms with Crippen LogP contribution in [0.2, 0.25) is 0 Å². The van der Waals surface area contributed by atoms with E-state index in [0.29, 0.717) is 0 Å². The van der Waals surface area contributed by atoms with Crippen molar-refractivity contribution in [3.63, 3.8) is 0 Å². The molecule has 4 N–H and O–H groups in total. The van der Waals surface area contributed by atoms with E-state index in [1.54, 1.807) is 0 Å². The van der Waals surface area contributed by atoms with Gasteiger partial charge in [0.2, 0.25) is 0 Å². The predicted molar refractivity (Wildman–Crippen MR) is 54.2 cm³/mol. The average molecular weight is 215 g/mol. The molecule has 0 spiro atoms. The maximum atomic E-state index is 11.1. The zero-order valence-electron chi connectivity index (χ0n) is 8.84. The second kappa shape index (κ2) is 5.09. The van der Waals surface area contributed by atoms with Gasteiger partial charge in [-0.1, -0.05) is 0 Å². The molecule has 0 aromatic rings. The van der Waals surface area contributed by atoms with Gasteiger partial charge in [-0.05, 0) is 26.3 Å². The number of hydrogen-bond donors (Lipinski definition) is 3. The molecule has 0 aliphatic carbocycles. The molecule has 86 valence electrons. The third kappa shape index (κ3) is 4.26. The number of rotatable bonds is 3. The summed E-state index contributed by atoms with van der Waals surface area (Å²) in [6, 6.07) is -0.851. The summed E-state index contributed by atoms with van der Waals surface area (Å²) in [6.07, 6.45) is 1.93. The number of carbonyl (C=O) groups excluding carboxylic acids is 2. The van der Waals surface area contributed by atoms with Crippen molar-refractivity contribution in [1.29, 1.82) is 0 Å². The molecule has 0 radical (unpaired) electrons. The smallest absolute Gasteiger partial charge is 0.318 e. The van der Waals surface area contributed by atoms with Gasteiger partial charge >= 0.3 is 6.03 Å². The summed E-state index contributed by atoms with van der Waals surface area (Å²) in [5, 5.41) is 5.15. The Labute approximate surface area is 88.5 Å². The number of piperidine rings is 1. The van der Waals surface area contributed by atoms with Crippen LogP contribution in [0.5, 0.6) is 0 Å². The summed E-state index contributed by atoms with van der Waals surface area (Å²) >= 11 is 0. The Morgan fingerprint density at radius 2 is 2.33 bits per heavy atom. The quantitative estimate of drug-likeness (QED) is 0.582. The first-order valence-electron chi connectivity index (χ1n) is 4.96. The van der Waals surface area contributed by atoms with Crippen LogP contribution in [0.1, 0.15) is 19.8 Å². The van der Waals surface area contributed by atoms with Crippen molar-refractivity contribution in [2.75, 3.05) is 19.7 Å². The van der Waals surface area contributed by atoms with Gasteiger partial charge in [0.05, 0.1) is 5.60 Å². The second-order valence-corrected chi connectivity index (χ2v) is 3.93. The minimum Gasteiger partial charge on any atom is -0.364 e. The number of nitrogens with one attached hydrogen (secondary N) is 2. The van der Waals surface area contributed by atoms with Gasteiger partial charge in [0, 0.05) is 6.54 Å². The van der Waals surface area contributed by atoms with Crippen LogP contribution in [0.3, 0.4) is 0 Å². The van der Waals surface area contributed by atoms with E-state index >= 15 is 0 Å². The first-order chi connectivity index (χ1) is 7.02. The van der Waals surface area contributed by atoms with Gasteiger partial charge in [0.15, 0.2) is 0 Å². The molecule has 1 heterocycles. The summed E-state index contributed by atoms with van der Waals surface area (Å²) in [5.74, 6) is -0.505. The van der Waals surface area contributed by atoms with Crippen LogP contribution in [-0.4, -0.2) is 37.2 Å². The molecule has 1 rings (SSSR count). The zero-order chi connectivity index (χ0) is 11.3. The first kappa shape index (κ1) is 11.9. The van der Waals surface area contributed by atoms with Gasteiger partial charge in [0.1, 0.15) is 6.61 Å². The van der Waals surface area contributed by atoms with Crippen molar-refractivity contribution in [2.45, 2.75) is 25.4 Å². The second-order valence-electron chi connectivity index (χ2n) is 3.93. The number of primary amides is 1. The van der Waals surface area contributed by atoms with Crippen LogP contribution < -0.4 is 16.4 Å². The Morgan fingerprint density at radius 1 is 1.60 bits per heavy atom. The number of urea groups is 1. The van der Waals surface area contributed by atoms with Gasteiger partial charge in [-0.2, -0.15) is 0 Å². The van der Waals surface area contributed by atoms with Crippen molar-refractivity contribution in [2.24, 2.45) is 5.73 Å². The number of carbonyl (C=O) groups is 2. The zero-order valence-corrected chi connectivity index (χ0v) is 8.84. The average Bonchev–Trinajstić information content (AvgIpc) is 2.15. The van der Waals surface area contributed by atoms with Crippen LogP contribution in [-0.2, 0) is 9.53 Å². The lowest BCUT2D eigenvalue weighted by Crippen LogP contribution is -2.47. The summed E-state index contributed by atoms with van der Waals surface area (Å²) in [7, 11) is 0. The predicted octanol–water partition coefficient (Wildman–Crippen LogP) is -0.660. The monoisotopic (exact) mass is 215 g/mol. The van der Waals surface area contributed by atoms with Crippen molar-refractivity contribution >= 4 is 11.9 Å². The van der Waals surface area contributed by atoms with Crippen LogP contribution >= 0.6 is 0 Å². The maximum Gasteiger partial charge on any atom is 0.318 e. The molecule has 15 heavy (non-hydrogen) atoms. The lowest BCUT2D eigenvalue weighted by Gasteiger charge is -2.33. The Hall–Kier alpha value is -1.14. The molecule has 1 saturated heterocycles. The maximum absolute atomic E-state index is 11.1. The molecule has 0 aromatic carbocycles. The number of nitrogens with two attached hydrogens (primary N) is 1. The standard InChI is InChI=1S/C9H17N3O3/c1-9(3-2-4-11-6-9)15-5-7(13)12-8(10)14/h11H,2-6H2,1H3,(H3,10,12,13,14). The molecule has 0 bridgehead atoms. The van der Waals surface area contributed by atoms with E-state index in [2.05, 4.69) is 5.32 Å². The summed E-state index contributed by atoms with van der Waals surface area (Å²) < 4.78 is 5.45. The number of amides is 3. The molecule has 6 heteroatoms. The first-order valence-corrected chi connectivity index (χ1v) is 4.96. The lowest BCUT2D eigenvalue weighted by atomic mass is 9.96. The van der Waals surface area contributed by atoms with Gasteiger partial charge < -0.3 is 15.8 Å². The molecule has 1 aliphatic rings. The van der Waals surface area contributed by atoms with E-state index < -0.39 is 11.9 Å². The van der Waals surface area contributed by atoms with Crippen molar-refractivity contribution < 1.29 is 14.3 Å².